The maximum atomic E-state index is 8.53. The summed E-state index contributed by atoms with van der Waals surface area (Å²) in [6.45, 7) is 0.581. The topological polar surface area (TPSA) is 81.5 Å². The zero-order chi connectivity index (χ0) is 11.5. The van der Waals surface area contributed by atoms with Gasteiger partial charge in [-0.1, -0.05) is 0 Å². The second-order valence-corrected chi connectivity index (χ2v) is 3.59. The van der Waals surface area contributed by atoms with Crippen molar-refractivity contribution in [3.63, 3.8) is 0 Å². The third kappa shape index (κ3) is 1.90. The van der Waals surface area contributed by atoms with E-state index in [1.54, 1.807) is 0 Å². The summed E-state index contributed by atoms with van der Waals surface area (Å²) in [5, 5.41) is 8.69. The Bertz CT molecular complexity index is 542. The molecule has 0 aliphatic rings. The van der Waals surface area contributed by atoms with Crippen molar-refractivity contribution in [2.75, 3.05) is 18.5 Å². The molecule has 1 N–H and O–H groups in total. The van der Waals surface area contributed by atoms with Gasteiger partial charge in [-0.25, -0.2) is 4.98 Å². The molecule has 82 valence electrons. The number of anilines is 1. The maximum Gasteiger partial charge on any atom is 0.226 e. The van der Waals surface area contributed by atoms with Gasteiger partial charge in [0.15, 0.2) is 11.5 Å². The van der Waals surface area contributed by atoms with E-state index in [2.05, 4.69) is 26.0 Å². The van der Waals surface area contributed by atoms with Crippen LogP contribution in [0.25, 0.3) is 11.2 Å². The van der Waals surface area contributed by atoms with E-state index >= 15 is 0 Å². The average molecular weight is 237 g/mol. The second-order valence-electron chi connectivity index (χ2n) is 3.25. The molecule has 2 aromatic rings. The average Bonchev–Trinajstić information content (AvgIpc) is 2.72. The van der Waals surface area contributed by atoms with Crippen molar-refractivity contribution < 1.29 is 0 Å². The highest BCUT2D eigenvalue weighted by atomic mass is 35.5. The first-order valence-corrected chi connectivity index (χ1v) is 5.05. The minimum atomic E-state index is 0.151. The number of nitrogens with one attached hydrogen (secondary N) is 1. The molecule has 0 bridgehead atoms. The molecule has 0 radical (unpaired) electrons. The van der Waals surface area contributed by atoms with Crippen molar-refractivity contribution in [2.45, 2.75) is 6.42 Å². The summed E-state index contributed by atoms with van der Waals surface area (Å²) in [6, 6.07) is 2.08. The molecule has 0 unspecified atom stereocenters. The normalized spacial score (nSPS) is 10.3. The summed E-state index contributed by atoms with van der Waals surface area (Å²) >= 11 is 5.79. The van der Waals surface area contributed by atoms with Gasteiger partial charge in [0.2, 0.25) is 5.28 Å². The van der Waals surface area contributed by atoms with Crippen molar-refractivity contribution in [1.29, 1.82) is 5.26 Å². The lowest BCUT2D eigenvalue weighted by Crippen LogP contribution is -2.20. The molecule has 7 heteroatoms. The Kier molecular flexibility index (Phi) is 2.88. The first kappa shape index (κ1) is 10.6. The Balaban J connectivity index is 2.42. The maximum absolute atomic E-state index is 8.53. The molecule has 16 heavy (non-hydrogen) atoms. The number of nitriles is 1. The molecule has 0 atom stereocenters. The lowest BCUT2D eigenvalue weighted by molar-refractivity contribution is 0.885. The number of hydrogen-bond acceptors (Lipinski definition) is 5. The number of nitrogens with zero attached hydrogens (tertiary/aromatic N) is 5. The van der Waals surface area contributed by atoms with Crippen molar-refractivity contribution in [3.05, 3.63) is 11.6 Å². The fourth-order valence-corrected chi connectivity index (χ4v) is 1.55. The zero-order valence-electron chi connectivity index (χ0n) is 8.61. The summed E-state index contributed by atoms with van der Waals surface area (Å²) < 4.78 is 0. The van der Waals surface area contributed by atoms with Crippen LogP contribution in [0.15, 0.2) is 6.33 Å². The Morgan fingerprint density at radius 1 is 1.56 bits per heavy atom. The smallest absolute Gasteiger partial charge is 0.226 e. The van der Waals surface area contributed by atoms with Gasteiger partial charge in [-0.2, -0.15) is 15.2 Å². The lowest BCUT2D eigenvalue weighted by atomic mass is 10.4. The van der Waals surface area contributed by atoms with E-state index in [0.717, 1.165) is 5.52 Å². The molecule has 0 amide bonds. The predicted octanol–water partition coefficient (Wildman–Crippen LogP) is 1.36. The van der Waals surface area contributed by atoms with Crippen molar-refractivity contribution in [3.8, 4) is 6.07 Å². The summed E-state index contributed by atoms with van der Waals surface area (Å²) in [4.78, 5) is 16.9. The molecule has 0 fully saturated rings. The van der Waals surface area contributed by atoms with Gasteiger partial charge in [0.1, 0.15) is 5.52 Å². The molecule has 0 spiro atoms. The molecule has 0 aliphatic carbocycles. The number of aromatic amines is 1. The number of H-pyrrole nitrogens is 1. The Hall–Kier alpha value is -1.87. The monoisotopic (exact) mass is 236 g/mol. The van der Waals surface area contributed by atoms with E-state index in [4.69, 9.17) is 16.9 Å². The van der Waals surface area contributed by atoms with Crippen LogP contribution < -0.4 is 4.90 Å². The Labute approximate surface area is 96.9 Å². The molecule has 2 aromatic heterocycles. The van der Waals surface area contributed by atoms with Gasteiger partial charge < -0.3 is 9.88 Å². The van der Waals surface area contributed by atoms with E-state index in [9.17, 15) is 0 Å². The summed E-state index contributed by atoms with van der Waals surface area (Å²) in [6.07, 6.45) is 1.96. The first-order valence-electron chi connectivity index (χ1n) is 4.67. The molecular formula is C9H9ClN6. The van der Waals surface area contributed by atoms with Gasteiger partial charge in [0, 0.05) is 13.6 Å². The summed E-state index contributed by atoms with van der Waals surface area (Å²) in [5.41, 5.74) is 1.25. The second kappa shape index (κ2) is 4.33. The van der Waals surface area contributed by atoms with E-state index < -0.39 is 0 Å². The molecule has 6 nitrogen and oxygen atoms in total. The molecular weight excluding hydrogens is 228 g/mol. The number of halogens is 1. The lowest BCUT2D eigenvalue weighted by Gasteiger charge is -2.16. The highest BCUT2D eigenvalue weighted by molar-refractivity contribution is 6.28. The van der Waals surface area contributed by atoms with Crippen molar-refractivity contribution in [2.24, 2.45) is 0 Å². The van der Waals surface area contributed by atoms with Crippen LogP contribution in [0.2, 0.25) is 5.28 Å². The minimum Gasteiger partial charge on any atom is -0.357 e. The minimum absolute atomic E-state index is 0.151. The van der Waals surface area contributed by atoms with E-state index in [1.807, 2.05) is 11.9 Å². The van der Waals surface area contributed by atoms with Gasteiger partial charge in [0.25, 0.3) is 0 Å². The molecule has 0 saturated heterocycles. The third-order valence-corrected chi connectivity index (χ3v) is 2.33. The van der Waals surface area contributed by atoms with Crippen LogP contribution in [-0.2, 0) is 0 Å². The Morgan fingerprint density at radius 2 is 2.38 bits per heavy atom. The molecule has 2 rings (SSSR count). The number of fused-ring (bicyclic) bond motifs is 1. The number of hydrogen-bond donors (Lipinski definition) is 1. The largest absolute Gasteiger partial charge is 0.357 e. The third-order valence-electron chi connectivity index (χ3n) is 2.16. The van der Waals surface area contributed by atoms with Crippen LogP contribution in [0, 0.1) is 11.3 Å². The van der Waals surface area contributed by atoms with Gasteiger partial charge in [-0.3, -0.25) is 0 Å². The summed E-state index contributed by atoms with van der Waals surface area (Å²) in [7, 11) is 1.84. The number of imidazole rings is 1. The molecule has 0 aromatic carbocycles. The number of aromatic nitrogens is 4. The number of rotatable bonds is 3. The van der Waals surface area contributed by atoms with Crippen LogP contribution in [-0.4, -0.2) is 33.5 Å². The first-order chi connectivity index (χ1) is 7.72. The van der Waals surface area contributed by atoms with E-state index in [0.29, 0.717) is 24.4 Å². The Morgan fingerprint density at radius 3 is 3.12 bits per heavy atom. The highest BCUT2D eigenvalue weighted by Gasteiger charge is 2.12. The summed E-state index contributed by atoms with van der Waals surface area (Å²) in [5.74, 6) is 0.655. The van der Waals surface area contributed by atoms with Gasteiger partial charge in [-0.05, 0) is 11.6 Å². The molecule has 2 heterocycles. The van der Waals surface area contributed by atoms with E-state index in [-0.39, 0.29) is 5.28 Å². The molecule has 0 saturated carbocycles. The van der Waals surface area contributed by atoms with Crippen LogP contribution in [0.1, 0.15) is 6.42 Å². The van der Waals surface area contributed by atoms with Gasteiger partial charge >= 0.3 is 0 Å². The standard InChI is InChI=1S/C9H9ClN6/c1-16(4-2-3-11)8-6-7(13-5-12-6)14-9(10)15-8/h5H,2,4H2,1H3,(H,12,13,14,15). The van der Waals surface area contributed by atoms with Crippen LogP contribution in [0.4, 0.5) is 5.82 Å². The van der Waals surface area contributed by atoms with Crippen molar-refractivity contribution in [1.82, 2.24) is 19.9 Å². The highest BCUT2D eigenvalue weighted by Crippen LogP contribution is 2.21. The van der Waals surface area contributed by atoms with Crippen LogP contribution >= 0.6 is 11.6 Å². The van der Waals surface area contributed by atoms with Crippen molar-refractivity contribution >= 4 is 28.6 Å². The fraction of sp³-hybridized carbons (Fsp3) is 0.333. The SMILES string of the molecule is CN(CCC#N)c1nc(Cl)nc2nc[nH]c12. The van der Waals surface area contributed by atoms with Gasteiger partial charge in [-0.15, -0.1) is 0 Å². The quantitative estimate of drug-likeness (QED) is 0.814. The van der Waals surface area contributed by atoms with Crippen LogP contribution in [0.5, 0.6) is 0 Å². The van der Waals surface area contributed by atoms with E-state index in [1.165, 1.54) is 6.33 Å². The fourth-order valence-electron chi connectivity index (χ4n) is 1.39. The zero-order valence-corrected chi connectivity index (χ0v) is 9.36. The van der Waals surface area contributed by atoms with Crippen LogP contribution in [0.3, 0.4) is 0 Å². The van der Waals surface area contributed by atoms with Gasteiger partial charge in [0.05, 0.1) is 18.8 Å². The molecule has 0 aliphatic heterocycles. The predicted molar refractivity (Wildman–Crippen MR) is 60.2 cm³/mol.